The Kier molecular flexibility index (Phi) is 8.49. The van der Waals surface area contributed by atoms with E-state index in [1.807, 2.05) is 54.6 Å². The first-order chi connectivity index (χ1) is 23.8. The molecule has 13 heteroatoms. The van der Waals surface area contributed by atoms with Gasteiger partial charge in [0.25, 0.3) is 5.56 Å². The Morgan fingerprint density at radius 2 is 1.67 bits per heavy atom. The van der Waals surface area contributed by atoms with Gasteiger partial charge in [-0.3, -0.25) is 19.0 Å². The monoisotopic (exact) mass is 690 g/mol. The van der Waals surface area contributed by atoms with Crippen LogP contribution < -0.4 is 20.2 Å². The van der Waals surface area contributed by atoms with Gasteiger partial charge in [0.1, 0.15) is 16.4 Å². The summed E-state index contributed by atoms with van der Waals surface area (Å²) in [5, 5.41) is 11.3. The molecular weight excluding hydrogens is 664 g/mol. The standard InChI is InChI=1S/C36H27ClN6O5S/c1-3-48-35(47)28-20(2)39-36-43(31(28)21-11-5-4-6-12-21)34(46)27(49-36)17-22-13-7-10-16-26(22)42-19-23(40-41-42)18-38-30-29(37)32(44)24-14-8-9-15-25(24)33(30)45/h4-17,19,31,38H,3,18H2,1-2H3/b27-17-. The van der Waals surface area contributed by atoms with Crippen molar-refractivity contribution in [2.75, 3.05) is 6.61 Å². The van der Waals surface area contributed by atoms with Crippen LogP contribution in [-0.4, -0.2) is 43.7 Å². The molecule has 0 bridgehead atoms. The molecule has 11 nitrogen and oxygen atoms in total. The van der Waals surface area contributed by atoms with E-state index in [1.54, 1.807) is 59.6 Å². The molecule has 3 aromatic carbocycles. The molecular formula is C36H27ClN6O5S. The van der Waals surface area contributed by atoms with Gasteiger partial charge in [0.05, 0.1) is 46.9 Å². The number of rotatable bonds is 8. The fraction of sp³-hybridized carbons (Fsp3) is 0.139. The first-order valence-corrected chi connectivity index (χ1v) is 16.5. The zero-order chi connectivity index (χ0) is 34.2. The number of nitrogens with one attached hydrogen (secondary N) is 1. The van der Waals surface area contributed by atoms with Crippen molar-refractivity contribution in [2.24, 2.45) is 4.99 Å². The minimum absolute atomic E-state index is 0.00542. The van der Waals surface area contributed by atoms with Crippen LogP contribution in [0.3, 0.4) is 0 Å². The van der Waals surface area contributed by atoms with Crippen LogP contribution in [0.4, 0.5) is 0 Å². The molecule has 49 heavy (non-hydrogen) atoms. The van der Waals surface area contributed by atoms with Gasteiger partial charge in [0.15, 0.2) is 4.80 Å². The molecule has 0 spiro atoms. The summed E-state index contributed by atoms with van der Waals surface area (Å²) in [6, 6.07) is 22.5. The van der Waals surface area contributed by atoms with Crippen LogP contribution >= 0.6 is 22.9 Å². The number of esters is 1. The van der Waals surface area contributed by atoms with E-state index in [4.69, 9.17) is 16.3 Å². The van der Waals surface area contributed by atoms with E-state index in [0.29, 0.717) is 37.5 Å². The molecule has 2 aromatic heterocycles. The molecule has 1 unspecified atom stereocenters. The predicted molar refractivity (Wildman–Crippen MR) is 183 cm³/mol. The number of benzene rings is 3. The maximum atomic E-state index is 14.1. The topological polar surface area (TPSA) is 138 Å². The van der Waals surface area contributed by atoms with Crippen LogP contribution in [-0.2, 0) is 16.1 Å². The highest BCUT2D eigenvalue weighted by Crippen LogP contribution is 2.31. The number of para-hydroxylation sites is 1. The number of hydrogen-bond acceptors (Lipinski definition) is 10. The van der Waals surface area contributed by atoms with Gasteiger partial charge in [-0.15, -0.1) is 5.10 Å². The largest absolute Gasteiger partial charge is 0.463 e. The number of allylic oxidation sites excluding steroid dienone is 3. The van der Waals surface area contributed by atoms with Crippen molar-refractivity contribution in [3.63, 3.8) is 0 Å². The van der Waals surface area contributed by atoms with Gasteiger partial charge >= 0.3 is 5.97 Å². The maximum Gasteiger partial charge on any atom is 0.338 e. The highest BCUT2D eigenvalue weighted by atomic mass is 35.5. The second-order valence-electron chi connectivity index (χ2n) is 11.2. The van der Waals surface area contributed by atoms with Crippen molar-refractivity contribution in [3.8, 4) is 5.69 Å². The number of hydrogen-bond donors (Lipinski definition) is 1. The number of thiazole rings is 1. The predicted octanol–water partition coefficient (Wildman–Crippen LogP) is 4.00. The summed E-state index contributed by atoms with van der Waals surface area (Å²) in [4.78, 5) is 58.1. The van der Waals surface area contributed by atoms with Gasteiger partial charge in [-0.05, 0) is 31.6 Å². The molecule has 244 valence electrons. The Labute approximate surface area is 288 Å². The van der Waals surface area contributed by atoms with Gasteiger partial charge in [-0.2, -0.15) is 0 Å². The summed E-state index contributed by atoms with van der Waals surface area (Å²) >= 11 is 7.53. The quantitative estimate of drug-likeness (QED) is 0.241. The molecule has 1 N–H and O–H groups in total. The lowest BCUT2D eigenvalue weighted by Crippen LogP contribution is -2.39. The summed E-state index contributed by atoms with van der Waals surface area (Å²) in [6.45, 7) is 3.75. The number of ether oxygens (including phenoxy) is 1. The molecule has 5 aromatic rings. The zero-order valence-electron chi connectivity index (χ0n) is 26.2. The number of carbonyl (C=O) groups is 3. The van der Waals surface area contributed by atoms with Crippen LogP contribution in [0.1, 0.15) is 57.4 Å². The summed E-state index contributed by atoms with van der Waals surface area (Å²) in [5.41, 5.74) is 3.63. The Balaban J connectivity index is 1.21. The summed E-state index contributed by atoms with van der Waals surface area (Å²) < 4.78 is 8.89. The van der Waals surface area contributed by atoms with Crippen molar-refractivity contribution >= 4 is 46.5 Å². The Morgan fingerprint density at radius 3 is 2.43 bits per heavy atom. The van der Waals surface area contributed by atoms with Crippen molar-refractivity contribution in [2.45, 2.75) is 26.4 Å². The lowest BCUT2D eigenvalue weighted by molar-refractivity contribution is -0.139. The zero-order valence-corrected chi connectivity index (χ0v) is 27.8. The van der Waals surface area contributed by atoms with Crippen molar-refractivity contribution < 1.29 is 19.1 Å². The second kappa shape index (κ2) is 13.1. The molecule has 0 fully saturated rings. The van der Waals surface area contributed by atoms with E-state index < -0.39 is 17.8 Å². The fourth-order valence-electron chi connectivity index (χ4n) is 5.88. The van der Waals surface area contributed by atoms with Gasteiger partial charge in [-0.1, -0.05) is 101 Å². The third-order valence-corrected chi connectivity index (χ3v) is 9.50. The fourth-order valence-corrected chi connectivity index (χ4v) is 7.17. The van der Waals surface area contributed by atoms with Crippen LogP contribution in [0.15, 0.2) is 117 Å². The Morgan fingerprint density at radius 1 is 0.980 bits per heavy atom. The summed E-state index contributed by atoms with van der Waals surface area (Å²) in [5.74, 6) is -1.32. The average molecular weight is 691 g/mol. The number of Topliss-reactive ketones (excluding diaryl/α,β-unsaturated/α-hetero) is 2. The van der Waals surface area contributed by atoms with Crippen molar-refractivity contribution in [1.82, 2.24) is 24.9 Å². The number of ketones is 2. The SMILES string of the molecule is CCOC(=O)C1=C(C)N=c2s/c(=C\c3ccccc3-n3cc(CNC4=C(Cl)C(=O)c5ccccc5C4=O)nn3)c(=O)n2C1c1ccccc1. The first-order valence-electron chi connectivity index (χ1n) is 15.3. The van der Waals surface area contributed by atoms with Gasteiger partial charge in [-0.25, -0.2) is 14.5 Å². The molecule has 1 aliphatic carbocycles. The lowest BCUT2D eigenvalue weighted by atomic mass is 9.92. The highest BCUT2D eigenvalue weighted by molar-refractivity contribution is 7.07. The molecule has 0 saturated heterocycles. The minimum atomic E-state index is -0.706. The van der Waals surface area contributed by atoms with Crippen LogP contribution in [0.2, 0.25) is 0 Å². The third kappa shape index (κ3) is 5.74. The summed E-state index contributed by atoms with van der Waals surface area (Å²) in [6.07, 6.45) is 3.45. The minimum Gasteiger partial charge on any atom is -0.463 e. The van der Waals surface area contributed by atoms with Crippen LogP contribution in [0.5, 0.6) is 0 Å². The van der Waals surface area contributed by atoms with Crippen LogP contribution in [0, 0.1) is 0 Å². The number of carbonyl (C=O) groups excluding carboxylic acids is 3. The molecule has 1 aliphatic heterocycles. The van der Waals surface area contributed by atoms with E-state index in [-0.39, 0.29) is 46.4 Å². The van der Waals surface area contributed by atoms with Gasteiger partial charge < -0.3 is 10.1 Å². The Hall–Kier alpha value is -5.72. The Bertz CT molecular complexity index is 2420. The van der Waals surface area contributed by atoms with Crippen molar-refractivity contribution in [1.29, 1.82) is 0 Å². The molecule has 2 aliphatic rings. The number of nitrogens with zero attached hydrogens (tertiary/aromatic N) is 5. The lowest BCUT2D eigenvalue weighted by Gasteiger charge is -2.24. The number of fused-ring (bicyclic) bond motifs is 2. The second-order valence-corrected chi connectivity index (χ2v) is 12.6. The maximum absolute atomic E-state index is 14.1. The van der Waals surface area contributed by atoms with E-state index in [1.165, 1.54) is 11.3 Å². The van der Waals surface area contributed by atoms with Crippen molar-refractivity contribution in [3.05, 3.63) is 155 Å². The highest BCUT2D eigenvalue weighted by Gasteiger charge is 2.34. The van der Waals surface area contributed by atoms with E-state index in [0.717, 1.165) is 5.56 Å². The van der Waals surface area contributed by atoms with Gasteiger partial charge in [0, 0.05) is 16.7 Å². The number of aromatic nitrogens is 4. The normalized spacial score (nSPS) is 16.0. The van der Waals surface area contributed by atoms with E-state index in [9.17, 15) is 19.2 Å². The molecule has 0 radical (unpaired) electrons. The molecule has 7 rings (SSSR count). The molecule has 0 saturated carbocycles. The average Bonchev–Trinajstić information content (AvgIpc) is 3.71. The van der Waals surface area contributed by atoms with E-state index in [2.05, 4.69) is 20.6 Å². The molecule has 1 atom stereocenters. The molecule has 3 heterocycles. The van der Waals surface area contributed by atoms with Gasteiger partial charge in [0.2, 0.25) is 11.6 Å². The summed E-state index contributed by atoms with van der Waals surface area (Å²) in [7, 11) is 0. The van der Waals surface area contributed by atoms with Crippen LogP contribution in [0.25, 0.3) is 11.8 Å². The first kappa shape index (κ1) is 31.9. The van der Waals surface area contributed by atoms with E-state index >= 15 is 0 Å². The third-order valence-electron chi connectivity index (χ3n) is 8.15. The smallest absolute Gasteiger partial charge is 0.338 e. The molecule has 0 amide bonds. The number of halogens is 1.